The first-order valence-electron chi connectivity index (χ1n) is 18.5. The highest BCUT2D eigenvalue weighted by molar-refractivity contribution is 6.32. The van der Waals surface area contributed by atoms with Gasteiger partial charge in [0.15, 0.2) is 6.29 Å². The maximum atomic E-state index is 13.9. The van der Waals surface area contributed by atoms with Gasteiger partial charge in [-0.1, -0.05) is 48.0 Å². The van der Waals surface area contributed by atoms with Gasteiger partial charge in [-0.25, -0.2) is 9.78 Å². The fraction of sp³-hybridized carbons (Fsp3) is 0.244. The van der Waals surface area contributed by atoms with Gasteiger partial charge < -0.3 is 24.2 Å². The van der Waals surface area contributed by atoms with Gasteiger partial charge in [0.25, 0.3) is 5.56 Å². The average Bonchev–Trinajstić information content (AvgIpc) is 3.20. The lowest BCUT2D eigenvalue weighted by Crippen LogP contribution is -2.38. The van der Waals surface area contributed by atoms with Gasteiger partial charge in [-0.3, -0.25) is 19.0 Å². The summed E-state index contributed by atoms with van der Waals surface area (Å²) < 4.78 is 19.1. The summed E-state index contributed by atoms with van der Waals surface area (Å²) in [4.78, 5) is 48.7. The first-order valence-corrected chi connectivity index (χ1v) is 18.8. The van der Waals surface area contributed by atoms with E-state index in [9.17, 15) is 24.8 Å². The van der Waals surface area contributed by atoms with Crippen molar-refractivity contribution in [2.24, 2.45) is 0 Å². The fourth-order valence-corrected chi connectivity index (χ4v) is 6.70. The summed E-state index contributed by atoms with van der Waals surface area (Å²) in [6, 6.07) is 22.0. The lowest BCUT2D eigenvalue weighted by molar-refractivity contribution is 0.0201. The number of nitrogens with zero attached hydrogens (tertiary/aromatic N) is 5. The minimum atomic E-state index is -0.693. The van der Waals surface area contributed by atoms with E-state index in [4.69, 9.17) is 25.8 Å². The number of fused-ring (bicyclic) bond motifs is 1. The van der Waals surface area contributed by atoms with Gasteiger partial charge in [-0.05, 0) is 97.8 Å². The van der Waals surface area contributed by atoms with Gasteiger partial charge in [-0.2, -0.15) is 5.26 Å². The molecule has 6 rings (SSSR count). The molecule has 0 fully saturated rings. The molecule has 0 aliphatic heterocycles. The van der Waals surface area contributed by atoms with Crippen LogP contribution in [-0.4, -0.2) is 55.5 Å². The third kappa shape index (κ3) is 9.35. The molecule has 0 radical (unpaired) electrons. The number of carbonyl (C=O) groups is 2. The Hall–Kier alpha value is -6.55. The minimum absolute atomic E-state index is 0.0785. The highest BCUT2D eigenvalue weighted by atomic mass is 35.5. The van der Waals surface area contributed by atoms with E-state index in [0.717, 1.165) is 38.9 Å². The standard InChI is InChI=1S/C45H42ClN5O7/c1-28-33(27-57-41-19-40(34(25-53)18-39(41)46)56-26-32-16-31(20-47)21-48-22-32)8-6-9-35(28)36-10-7-11-37(29(36)2)38-23-49-42-17-30(12-13-51(42)43(38)54)24-50(14-15-52)44(55)58-45(3,4)5/h6-13,16-19,21-23,25,52H,14-15,24,26-27H2,1-5H3. The smallest absolute Gasteiger partial charge is 0.410 e. The van der Waals surface area contributed by atoms with Gasteiger partial charge in [-0.15, -0.1) is 0 Å². The summed E-state index contributed by atoms with van der Waals surface area (Å²) in [6.45, 7) is 9.59. The highest BCUT2D eigenvalue weighted by Gasteiger charge is 2.23. The Morgan fingerprint density at radius 3 is 2.33 bits per heavy atom. The van der Waals surface area contributed by atoms with Crippen LogP contribution in [-0.2, 0) is 24.5 Å². The van der Waals surface area contributed by atoms with Crippen LogP contribution in [0.2, 0.25) is 5.02 Å². The summed E-state index contributed by atoms with van der Waals surface area (Å²) in [7, 11) is 0. The van der Waals surface area contributed by atoms with E-state index in [2.05, 4.69) is 9.97 Å². The number of aliphatic hydroxyl groups excluding tert-OH is 1. The molecule has 0 aliphatic rings. The van der Waals surface area contributed by atoms with Gasteiger partial charge >= 0.3 is 6.09 Å². The number of hydrogen-bond acceptors (Lipinski definition) is 10. The SMILES string of the molecule is Cc1c(COc2cc(OCc3cncc(C#N)c3)c(C=O)cc2Cl)cccc1-c1cccc(-c2cnc3cc(CN(CCO)C(=O)OC(C)(C)C)ccn3c2=O)c1C. The largest absolute Gasteiger partial charge is 0.488 e. The quantitative estimate of drug-likeness (QED) is 0.113. The molecule has 0 unspecified atom stereocenters. The van der Waals surface area contributed by atoms with Crippen molar-refractivity contribution < 1.29 is 28.9 Å². The second kappa shape index (κ2) is 17.7. The number of aldehydes is 1. The van der Waals surface area contributed by atoms with Gasteiger partial charge in [0.2, 0.25) is 0 Å². The van der Waals surface area contributed by atoms with E-state index in [1.165, 1.54) is 21.6 Å². The molecule has 0 saturated heterocycles. The Morgan fingerprint density at radius 1 is 0.914 bits per heavy atom. The molecule has 0 saturated carbocycles. The Balaban J connectivity index is 1.23. The van der Waals surface area contributed by atoms with Crippen LogP contribution in [0.15, 0.2) is 96.3 Å². The predicted molar refractivity (Wildman–Crippen MR) is 220 cm³/mol. The summed E-state index contributed by atoms with van der Waals surface area (Å²) in [5.41, 5.74) is 7.31. The fourth-order valence-electron chi connectivity index (χ4n) is 6.48. The van der Waals surface area contributed by atoms with Crippen molar-refractivity contribution in [3.63, 3.8) is 0 Å². The van der Waals surface area contributed by atoms with E-state index in [0.29, 0.717) is 34.4 Å². The van der Waals surface area contributed by atoms with Crippen molar-refractivity contribution >= 4 is 29.6 Å². The normalized spacial score (nSPS) is 11.2. The number of aliphatic hydroxyl groups is 1. The van der Waals surface area contributed by atoms with Crippen LogP contribution in [0.3, 0.4) is 0 Å². The average molecular weight is 800 g/mol. The summed E-state index contributed by atoms with van der Waals surface area (Å²) in [5.74, 6) is 0.605. The Kier molecular flexibility index (Phi) is 12.6. The Morgan fingerprint density at radius 2 is 1.62 bits per heavy atom. The molecule has 3 aromatic heterocycles. The van der Waals surface area contributed by atoms with E-state index in [1.807, 2.05) is 56.3 Å². The van der Waals surface area contributed by atoms with Crippen molar-refractivity contribution in [3.8, 4) is 39.8 Å². The molecule has 1 N–H and O–H groups in total. The number of halogens is 1. The molecule has 1 amide bonds. The number of rotatable bonds is 13. The third-order valence-electron chi connectivity index (χ3n) is 9.42. The molecule has 3 heterocycles. The molecule has 12 nitrogen and oxygen atoms in total. The van der Waals surface area contributed by atoms with Gasteiger partial charge in [0, 0.05) is 49.5 Å². The Labute approximate surface area is 340 Å². The number of aromatic nitrogens is 3. The maximum Gasteiger partial charge on any atom is 0.410 e. The van der Waals surface area contributed by atoms with Gasteiger partial charge in [0.05, 0.1) is 28.3 Å². The van der Waals surface area contributed by atoms with Crippen molar-refractivity contribution in [1.82, 2.24) is 19.3 Å². The lowest BCUT2D eigenvalue weighted by Gasteiger charge is -2.27. The second-order valence-corrected chi connectivity index (χ2v) is 15.1. The van der Waals surface area contributed by atoms with Gasteiger partial charge in [0.1, 0.15) is 42.0 Å². The monoisotopic (exact) mass is 799 g/mol. The van der Waals surface area contributed by atoms with Crippen LogP contribution in [0.1, 0.15) is 64.5 Å². The van der Waals surface area contributed by atoms with Crippen LogP contribution in [0.4, 0.5) is 4.79 Å². The number of pyridine rings is 2. The topological polar surface area (TPSA) is 156 Å². The van der Waals surface area contributed by atoms with E-state index in [-0.39, 0.29) is 54.8 Å². The number of ether oxygens (including phenoxy) is 3. The third-order valence-corrected chi connectivity index (χ3v) is 9.72. The molecule has 3 aromatic carbocycles. The molecule has 6 aromatic rings. The number of benzene rings is 3. The number of hydrogen-bond donors (Lipinski definition) is 1. The van der Waals surface area contributed by atoms with Crippen LogP contribution >= 0.6 is 11.6 Å². The summed E-state index contributed by atoms with van der Waals surface area (Å²) in [6.07, 6.45) is 6.36. The van der Waals surface area contributed by atoms with Crippen molar-refractivity contribution in [1.29, 1.82) is 5.26 Å². The molecule has 0 atom stereocenters. The summed E-state index contributed by atoms with van der Waals surface area (Å²) in [5, 5.41) is 19.0. The highest BCUT2D eigenvalue weighted by Crippen LogP contribution is 2.36. The number of amides is 1. The number of nitriles is 1. The molecule has 58 heavy (non-hydrogen) atoms. The molecule has 0 aliphatic carbocycles. The molecular formula is C45H42ClN5O7. The second-order valence-electron chi connectivity index (χ2n) is 14.6. The van der Waals surface area contributed by atoms with Crippen LogP contribution in [0.5, 0.6) is 11.5 Å². The Bertz CT molecular complexity index is 2610. The molecule has 0 bridgehead atoms. The van der Waals surface area contributed by atoms with E-state index < -0.39 is 11.7 Å². The predicted octanol–water partition coefficient (Wildman–Crippen LogP) is 8.27. The molecule has 296 valence electrons. The van der Waals surface area contributed by atoms with Crippen LogP contribution in [0.25, 0.3) is 27.9 Å². The zero-order valence-corrected chi connectivity index (χ0v) is 33.5. The maximum absolute atomic E-state index is 13.9. The van der Waals surface area contributed by atoms with Crippen LogP contribution < -0.4 is 15.0 Å². The minimum Gasteiger partial charge on any atom is -0.488 e. The van der Waals surface area contributed by atoms with Crippen molar-refractivity contribution in [2.75, 3.05) is 13.2 Å². The first-order chi connectivity index (χ1) is 27.8. The summed E-state index contributed by atoms with van der Waals surface area (Å²) >= 11 is 6.54. The van der Waals surface area contributed by atoms with Crippen molar-refractivity contribution in [2.45, 2.75) is 60.0 Å². The first kappa shape index (κ1) is 41.1. The lowest BCUT2D eigenvalue weighted by atomic mass is 9.90. The van der Waals surface area contributed by atoms with Crippen LogP contribution in [0, 0.1) is 25.2 Å². The number of carbonyl (C=O) groups excluding carboxylic acids is 2. The molecule has 13 heteroatoms. The molecule has 0 spiro atoms. The zero-order chi connectivity index (χ0) is 41.6. The van der Waals surface area contributed by atoms with E-state index in [1.54, 1.807) is 63.6 Å². The zero-order valence-electron chi connectivity index (χ0n) is 32.8. The van der Waals surface area contributed by atoms with Crippen molar-refractivity contribution in [3.05, 3.63) is 146 Å². The van der Waals surface area contributed by atoms with E-state index >= 15 is 0 Å². The molecular weight excluding hydrogens is 758 g/mol.